The predicted molar refractivity (Wildman–Crippen MR) is 143 cm³/mol. The third-order valence-electron chi connectivity index (χ3n) is 6.01. The topological polar surface area (TPSA) is 95.1 Å². The van der Waals surface area contributed by atoms with E-state index in [4.69, 9.17) is 0 Å². The summed E-state index contributed by atoms with van der Waals surface area (Å²) in [6.45, 7) is 1.78. The molecule has 190 valence electrons. The molecule has 0 unspecified atom stereocenters. The highest BCUT2D eigenvalue weighted by Gasteiger charge is 2.32. The summed E-state index contributed by atoms with van der Waals surface area (Å²) in [5, 5.41) is 0. The molecule has 1 aliphatic rings. The molecule has 3 aromatic rings. The van der Waals surface area contributed by atoms with Crippen LogP contribution >= 0.6 is 15.9 Å². The van der Waals surface area contributed by atoms with Crippen molar-refractivity contribution in [2.24, 2.45) is 0 Å². The van der Waals surface area contributed by atoms with Gasteiger partial charge >= 0.3 is 0 Å². The molecule has 0 atom stereocenters. The summed E-state index contributed by atoms with van der Waals surface area (Å²) in [5.74, 6) is -0.410. The lowest BCUT2D eigenvalue weighted by Gasteiger charge is -2.27. The first kappa shape index (κ1) is 26.3. The number of sulfonamides is 2. The van der Waals surface area contributed by atoms with Crippen molar-refractivity contribution in [3.8, 4) is 0 Å². The van der Waals surface area contributed by atoms with Crippen LogP contribution in [0.2, 0.25) is 0 Å². The molecule has 1 amide bonds. The molecule has 8 nitrogen and oxygen atoms in total. The molecule has 0 bridgehead atoms. The predicted octanol–water partition coefficient (Wildman–Crippen LogP) is 3.79. The van der Waals surface area contributed by atoms with Gasteiger partial charge in [-0.3, -0.25) is 9.10 Å². The second-order valence-electron chi connectivity index (χ2n) is 8.68. The smallest absolute Gasteiger partial charge is 0.264 e. The highest BCUT2D eigenvalue weighted by atomic mass is 79.9. The van der Waals surface area contributed by atoms with Gasteiger partial charge in [0.25, 0.3) is 10.0 Å². The summed E-state index contributed by atoms with van der Waals surface area (Å²) in [4.78, 5) is 15.2. The van der Waals surface area contributed by atoms with Crippen LogP contribution in [0, 0.1) is 6.92 Å². The molecular formula is C25H26BrN3O5S2. The van der Waals surface area contributed by atoms with Crippen molar-refractivity contribution in [2.45, 2.75) is 23.1 Å². The number of anilines is 2. The second kappa shape index (κ2) is 9.97. The lowest BCUT2D eigenvalue weighted by molar-refractivity contribution is -0.117. The van der Waals surface area contributed by atoms with Crippen molar-refractivity contribution in [3.63, 3.8) is 0 Å². The summed E-state index contributed by atoms with van der Waals surface area (Å²) < 4.78 is 55.2. The maximum Gasteiger partial charge on any atom is 0.264 e. The number of halogens is 1. The minimum absolute atomic E-state index is 0.0845. The van der Waals surface area contributed by atoms with Crippen molar-refractivity contribution >= 4 is 53.3 Å². The van der Waals surface area contributed by atoms with Crippen LogP contribution in [0.15, 0.2) is 81.0 Å². The molecule has 1 heterocycles. The largest absolute Gasteiger partial charge is 0.310 e. The number of carbonyl (C=O) groups is 1. The van der Waals surface area contributed by atoms with Gasteiger partial charge in [0.15, 0.2) is 0 Å². The van der Waals surface area contributed by atoms with Crippen molar-refractivity contribution < 1.29 is 21.6 Å². The Balaban J connectivity index is 1.68. The molecule has 1 aliphatic heterocycles. The van der Waals surface area contributed by atoms with Gasteiger partial charge < -0.3 is 4.90 Å². The number of rotatable bonds is 7. The van der Waals surface area contributed by atoms with Gasteiger partial charge in [-0.05, 0) is 67.4 Å². The van der Waals surface area contributed by atoms with E-state index in [0.717, 1.165) is 19.7 Å². The summed E-state index contributed by atoms with van der Waals surface area (Å²) in [7, 11) is -4.73. The van der Waals surface area contributed by atoms with Gasteiger partial charge in [0.2, 0.25) is 15.9 Å². The first-order chi connectivity index (χ1) is 16.9. The zero-order chi connectivity index (χ0) is 26.3. The summed E-state index contributed by atoms with van der Waals surface area (Å²) in [5.41, 5.74) is 2.58. The quantitative estimate of drug-likeness (QED) is 0.416. The van der Waals surface area contributed by atoms with E-state index in [1.807, 2.05) is 6.92 Å². The third kappa shape index (κ3) is 5.06. The van der Waals surface area contributed by atoms with E-state index < -0.39 is 32.5 Å². The Kier molecular flexibility index (Phi) is 7.29. The Hall–Kier alpha value is -2.73. The molecule has 0 aromatic heterocycles. The van der Waals surface area contributed by atoms with Crippen LogP contribution in [-0.2, 0) is 31.3 Å². The fourth-order valence-corrected chi connectivity index (χ4v) is 6.75. The van der Waals surface area contributed by atoms with Gasteiger partial charge in [0.05, 0.1) is 15.5 Å². The normalized spacial score (nSPS) is 13.6. The van der Waals surface area contributed by atoms with Crippen molar-refractivity contribution in [2.75, 3.05) is 36.4 Å². The number of hydrogen-bond donors (Lipinski definition) is 0. The van der Waals surface area contributed by atoms with Crippen LogP contribution in [0.25, 0.3) is 0 Å². The fraction of sp³-hybridized carbons (Fsp3) is 0.240. The average molecular weight is 593 g/mol. The molecule has 36 heavy (non-hydrogen) atoms. The Bertz CT molecular complexity index is 1520. The second-order valence-corrected chi connectivity index (χ2v) is 13.6. The first-order valence-corrected chi connectivity index (χ1v) is 14.8. The Morgan fingerprint density at radius 2 is 1.58 bits per heavy atom. The highest BCUT2D eigenvalue weighted by molar-refractivity contribution is 9.10. The van der Waals surface area contributed by atoms with E-state index in [0.29, 0.717) is 28.8 Å². The highest BCUT2D eigenvalue weighted by Crippen LogP contribution is 2.32. The molecule has 11 heteroatoms. The number of aryl methyl sites for hydroxylation is 1. The molecule has 4 rings (SSSR count). The van der Waals surface area contributed by atoms with Crippen molar-refractivity contribution in [3.05, 3.63) is 82.3 Å². The Morgan fingerprint density at radius 1 is 0.917 bits per heavy atom. The van der Waals surface area contributed by atoms with Crippen LogP contribution < -0.4 is 9.21 Å². The van der Waals surface area contributed by atoms with Crippen LogP contribution in [-0.4, -0.2) is 54.2 Å². The van der Waals surface area contributed by atoms with Gasteiger partial charge in [0.1, 0.15) is 6.54 Å². The standard InChI is InChI=1S/C25H26BrN3O5S2/c1-18-7-9-22(10-8-18)36(33,34)29(21-6-4-5-20(26)16-21)17-25(30)28-14-13-19-15-23(11-12-24(19)28)35(31,32)27(2)3/h4-12,15-16H,13-14,17H2,1-3H3. The molecule has 0 saturated heterocycles. The van der Waals surface area contributed by atoms with Gasteiger partial charge in [0, 0.05) is 30.8 Å². The van der Waals surface area contributed by atoms with Crippen LogP contribution in [0.1, 0.15) is 11.1 Å². The third-order valence-corrected chi connectivity index (χ3v) is 10.1. The number of nitrogens with zero attached hydrogens (tertiary/aromatic N) is 3. The van der Waals surface area contributed by atoms with Gasteiger partial charge in [-0.25, -0.2) is 21.1 Å². The first-order valence-electron chi connectivity index (χ1n) is 11.1. The molecule has 0 spiro atoms. The zero-order valence-corrected chi connectivity index (χ0v) is 23.3. The lowest BCUT2D eigenvalue weighted by Crippen LogP contribution is -2.42. The zero-order valence-electron chi connectivity index (χ0n) is 20.0. The molecule has 3 aromatic carbocycles. The maximum absolute atomic E-state index is 13.6. The number of hydrogen-bond acceptors (Lipinski definition) is 5. The maximum atomic E-state index is 13.6. The number of fused-ring (bicyclic) bond motifs is 1. The number of amides is 1. The van der Waals surface area contributed by atoms with E-state index in [1.165, 1.54) is 37.2 Å². The molecule has 0 fully saturated rings. The number of carbonyl (C=O) groups excluding carboxylic acids is 1. The molecule has 0 saturated carbocycles. The van der Waals surface area contributed by atoms with Crippen molar-refractivity contribution in [1.82, 2.24) is 4.31 Å². The molecule has 0 N–H and O–H groups in total. The summed E-state index contributed by atoms with van der Waals surface area (Å²) in [6, 6.07) is 17.9. The Morgan fingerprint density at radius 3 is 2.22 bits per heavy atom. The monoisotopic (exact) mass is 591 g/mol. The SMILES string of the molecule is Cc1ccc(S(=O)(=O)N(CC(=O)N2CCc3cc(S(=O)(=O)N(C)C)ccc32)c2cccc(Br)c2)cc1. The van der Waals surface area contributed by atoms with Gasteiger partial charge in [-0.15, -0.1) is 0 Å². The molecular weight excluding hydrogens is 566 g/mol. The van der Waals surface area contributed by atoms with Crippen LogP contribution in [0.3, 0.4) is 0 Å². The van der Waals surface area contributed by atoms with E-state index in [9.17, 15) is 21.6 Å². The van der Waals surface area contributed by atoms with Crippen LogP contribution in [0.4, 0.5) is 11.4 Å². The summed E-state index contributed by atoms with van der Waals surface area (Å²) in [6.07, 6.45) is 0.472. The van der Waals surface area contributed by atoms with E-state index in [2.05, 4.69) is 15.9 Å². The lowest BCUT2D eigenvalue weighted by atomic mass is 10.2. The minimum Gasteiger partial charge on any atom is -0.310 e. The fourth-order valence-electron chi connectivity index (χ4n) is 4.00. The molecule has 0 radical (unpaired) electrons. The average Bonchev–Trinajstić information content (AvgIpc) is 3.26. The van der Waals surface area contributed by atoms with E-state index >= 15 is 0 Å². The van der Waals surface area contributed by atoms with E-state index in [1.54, 1.807) is 48.5 Å². The van der Waals surface area contributed by atoms with Crippen LogP contribution in [0.5, 0.6) is 0 Å². The summed E-state index contributed by atoms with van der Waals surface area (Å²) >= 11 is 3.38. The van der Waals surface area contributed by atoms with Gasteiger partial charge in [-0.2, -0.15) is 0 Å². The number of benzene rings is 3. The van der Waals surface area contributed by atoms with Crippen molar-refractivity contribution in [1.29, 1.82) is 0 Å². The Labute approximate surface area is 220 Å². The van der Waals surface area contributed by atoms with Gasteiger partial charge in [-0.1, -0.05) is 39.7 Å². The van der Waals surface area contributed by atoms with E-state index in [-0.39, 0.29) is 9.79 Å². The molecule has 0 aliphatic carbocycles. The minimum atomic E-state index is -4.05.